The maximum atomic E-state index is 13.6. The van der Waals surface area contributed by atoms with Crippen LogP contribution >= 0.6 is 0 Å². The zero-order chi connectivity index (χ0) is 14.0. The van der Waals surface area contributed by atoms with Crippen LogP contribution in [0, 0.1) is 21.3 Å². The van der Waals surface area contributed by atoms with E-state index in [0.717, 1.165) is 12.5 Å². The molecule has 19 heavy (non-hydrogen) atoms. The Labute approximate surface area is 108 Å². The number of benzene rings is 1. The maximum absolute atomic E-state index is 13.6. The average Bonchev–Trinajstić information content (AvgIpc) is 2.28. The fourth-order valence-corrected chi connectivity index (χ4v) is 2.10. The lowest BCUT2D eigenvalue weighted by molar-refractivity contribution is -0.385. The van der Waals surface area contributed by atoms with E-state index in [1.165, 1.54) is 12.1 Å². The number of non-ortho nitro benzene ring substituents is 1. The fourth-order valence-electron chi connectivity index (χ4n) is 2.10. The van der Waals surface area contributed by atoms with Gasteiger partial charge < -0.3 is 10.4 Å². The summed E-state index contributed by atoms with van der Waals surface area (Å²) in [5, 5.41) is 22.3. The number of carboxylic acids is 1. The third-order valence-corrected chi connectivity index (χ3v) is 3.55. The van der Waals surface area contributed by atoms with Crippen LogP contribution in [0.25, 0.3) is 0 Å². The monoisotopic (exact) mass is 268 g/mol. The number of carbonyl (C=O) groups is 1. The van der Waals surface area contributed by atoms with E-state index in [2.05, 4.69) is 5.32 Å². The molecule has 0 amide bonds. The Kier molecular flexibility index (Phi) is 3.37. The number of aliphatic carboxylic acids is 1. The van der Waals surface area contributed by atoms with Gasteiger partial charge in [-0.2, -0.15) is 0 Å². The van der Waals surface area contributed by atoms with Crippen molar-refractivity contribution in [3.63, 3.8) is 0 Å². The molecule has 2 rings (SSSR count). The van der Waals surface area contributed by atoms with E-state index >= 15 is 0 Å². The molecule has 1 aliphatic carbocycles. The van der Waals surface area contributed by atoms with Crippen LogP contribution in [0.15, 0.2) is 18.2 Å². The first-order valence-corrected chi connectivity index (χ1v) is 5.86. The summed E-state index contributed by atoms with van der Waals surface area (Å²) in [6, 6.07) is 3.25. The number of rotatable bonds is 5. The first kappa shape index (κ1) is 13.3. The van der Waals surface area contributed by atoms with E-state index in [9.17, 15) is 19.3 Å². The smallest absolute Gasteiger partial charge is 0.311 e. The van der Waals surface area contributed by atoms with Gasteiger partial charge in [-0.05, 0) is 18.9 Å². The summed E-state index contributed by atoms with van der Waals surface area (Å²) in [6.45, 7) is 0.122. The van der Waals surface area contributed by atoms with Crippen molar-refractivity contribution < 1.29 is 19.2 Å². The van der Waals surface area contributed by atoms with Gasteiger partial charge in [0.15, 0.2) is 5.82 Å². The third kappa shape index (κ3) is 2.49. The summed E-state index contributed by atoms with van der Waals surface area (Å²) in [5.41, 5.74) is -1.09. The lowest BCUT2D eigenvalue weighted by atomic mass is 9.69. The van der Waals surface area contributed by atoms with Crippen molar-refractivity contribution in [3.05, 3.63) is 34.1 Å². The number of carboxylic acid groups (broad SMARTS) is 1. The Morgan fingerprint density at radius 1 is 1.53 bits per heavy atom. The van der Waals surface area contributed by atoms with E-state index in [0.29, 0.717) is 12.8 Å². The number of halogens is 1. The second-order valence-electron chi connectivity index (χ2n) is 4.71. The van der Waals surface area contributed by atoms with Crippen molar-refractivity contribution in [3.8, 4) is 0 Å². The first-order valence-electron chi connectivity index (χ1n) is 5.86. The molecule has 0 unspecified atom stereocenters. The second kappa shape index (κ2) is 4.83. The lowest BCUT2D eigenvalue weighted by Gasteiger charge is -2.37. The van der Waals surface area contributed by atoms with E-state index < -0.39 is 22.1 Å². The van der Waals surface area contributed by atoms with Gasteiger partial charge in [0.2, 0.25) is 0 Å². The van der Waals surface area contributed by atoms with Gasteiger partial charge >= 0.3 is 5.97 Å². The quantitative estimate of drug-likeness (QED) is 0.631. The number of hydrogen-bond donors (Lipinski definition) is 2. The number of nitrogens with zero attached hydrogens (tertiary/aromatic N) is 1. The van der Waals surface area contributed by atoms with Crippen LogP contribution < -0.4 is 5.32 Å². The number of anilines is 1. The predicted molar refractivity (Wildman–Crippen MR) is 65.5 cm³/mol. The number of nitrogens with one attached hydrogen (secondary N) is 1. The summed E-state index contributed by atoms with van der Waals surface area (Å²) in [5.74, 6) is -1.65. The van der Waals surface area contributed by atoms with Gasteiger partial charge in [0, 0.05) is 12.6 Å². The largest absolute Gasteiger partial charge is 0.481 e. The first-order chi connectivity index (χ1) is 8.94. The molecule has 102 valence electrons. The van der Waals surface area contributed by atoms with Gasteiger partial charge in [-0.25, -0.2) is 4.39 Å². The van der Waals surface area contributed by atoms with Crippen LogP contribution in [-0.2, 0) is 4.79 Å². The highest BCUT2D eigenvalue weighted by molar-refractivity contribution is 5.76. The minimum absolute atomic E-state index is 0.0816. The highest BCUT2D eigenvalue weighted by atomic mass is 19.1. The molecular weight excluding hydrogens is 255 g/mol. The molecule has 0 saturated heterocycles. The van der Waals surface area contributed by atoms with E-state index in [-0.39, 0.29) is 17.9 Å². The van der Waals surface area contributed by atoms with Crippen molar-refractivity contribution in [1.29, 1.82) is 0 Å². The van der Waals surface area contributed by atoms with Crippen LogP contribution in [0.2, 0.25) is 0 Å². The minimum atomic E-state index is -0.895. The SMILES string of the molecule is O=C(O)C1(CNc2ccc([N+](=O)[O-])cc2F)CCC1. The Hall–Kier alpha value is -2.18. The van der Waals surface area contributed by atoms with E-state index in [1.807, 2.05) is 0 Å². The topological polar surface area (TPSA) is 92.5 Å². The van der Waals surface area contributed by atoms with Crippen LogP contribution in [0.1, 0.15) is 19.3 Å². The number of nitro benzene ring substituents is 1. The van der Waals surface area contributed by atoms with Crippen LogP contribution in [0.5, 0.6) is 0 Å². The molecule has 0 aliphatic heterocycles. The predicted octanol–water partition coefficient (Wildman–Crippen LogP) is 2.40. The molecule has 7 heteroatoms. The highest BCUT2D eigenvalue weighted by Gasteiger charge is 2.44. The lowest BCUT2D eigenvalue weighted by Crippen LogP contribution is -2.43. The summed E-state index contributed by atoms with van der Waals surface area (Å²) in [6.07, 6.45) is 1.96. The molecule has 1 fully saturated rings. The molecule has 2 N–H and O–H groups in total. The van der Waals surface area contributed by atoms with Gasteiger partial charge in [-0.15, -0.1) is 0 Å². The molecule has 1 aromatic rings. The van der Waals surface area contributed by atoms with E-state index in [4.69, 9.17) is 5.11 Å². The standard InChI is InChI=1S/C12H13FN2O4/c13-9-6-8(15(18)19)2-3-10(9)14-7-12(11(16)17)4-1-5-12/h2-3,6,14H,1,4-5,7H2,(H,16,17). The Bertz CT molecular complexity index is 528. The normalized spacial score (nSPS) is 16.5. The van der Waals surface area contributed by atoms with E-state index in [1.54, 1.807) is 0 Å². The number of nitro groups is 1. The van der Waals surface area contributed by atoms with Crippen molar-refractivity contribution in [1.82, 2.24) is 0 Å². The second-order valence-corrected chi connectivity index (χ2v) is 4.71. The number of hydrogen-bond acceptors (Lipinski definition) is 4. The Morgan fingerprint density at radius 3 is 2.63 bits per heavy atom. The molecule has 0 aromatic heterocycles. The molecule has 0 bridgehead atoms. The third-order valence-electron chi connectivity index (χ3n) is 3.55. The van der Waals surface area contributed by atoms with Crippen LogP contribution in [0.4, 0.5) is 15.8 Å². The zero-order valence-electron chi connectivity index (χ0n) is 10.1. The summed E-state index contributed by atoms with van der Waals surface area (Å²) < 4.78 is 13.6. The molecule has 1 saturated carbocycles. The Morgan fingerprint density at radius 2 is 2.21 bits per heavy atom. The summed E-state index contributed by atoms with van der Waals surface area (Å²) in [4.78, 5) is 20.9. The molecule has 6 nitrogen and oxygen atoms in total. The van der Waals surface area contributed by atoms with Gasteiger partial charge in [-0.1, -0.05) is 6.42 Å². The van der Waals surface area contributed by atoms with Gasteiger partial charge in [0.25, 0.3) is 5.69 Å². The molecule has 0 atom stereocenters. The molecular formula is C12H13FN2O4. The maximum Gasteiger partial charge on any atom is 0.311 e. The molecule has 0 heterocycles. The summed E-state index contributed by atoms with van der Waals surface area (Å²) in [7, 11) is 0. The highest BCUT2D eigenvalue weighted by Crippen LogP contribution is 2.41. The van der Waals surface area contributed by atoms with Crippen molar-refractivity contribution in [2.75, 3.05) is 11.9 Å². The zero-order valence-corrected chi connectivity index (χ0v) is 10.1. The molecule has 1 aromatic carbocycles. The van der Waals surface area contributed by atoms with Crippen LogP contribution in [-0.4, -0.2) is 22.5 Å². The van der Waals surface area contributed by atoms with Crippen molar-refractivity contribution in [2.45, 2.75) is 19.3 Å². The Balaban J connectivity index is 2.08. The fraction of sp³-hybridized carbons (Fsp3) is 0.417. The molecule has 0 spiro atoms. The molecule has 0 radical (unpaired) electrons. The molecule has 1 aliphatic rings. The van der Waals surface area contributed by atoms with Crippen molar-refractivity contribution >= 4 is 17.3 Å². The van der Waals surface area contributed by atoms with Gasteiger partial charge in [-0.3, -0.25) is 14.9 Å². The van der Waals surface area contributed by atoms with Crippen molar-refractivity contribution in [2.24, 2.45) is 5.41 Å². The van der Waals surface area contributed by atoms with Gasteiger partial charge in [0.1, 0.15) is 0 Å². The average molecular weight is 268 g/mol. The summed E-state index contributed by atoms with van der Waals surface area (Å²) >= 11 is 0. The van der Waals surface area contributed by atoms with Gasteiger partial charge in [0.05, 0.1) is 22.1 Å². The van der Waals surface area contributed by atoms with Crippen LogP contribution in [0.3, 0.4) is 0 Å². The minimum Gasteiger partial charge on any atom is -0.481 e.